The van der Waals surface area contributed by atoms with E-state index >= 15 is 0 Å². The van der Waals surface area contributed by atoms with Crippen LogP contribution in [0, 0.1) is 0 Å². The van der Waals surface area contributed by atoms with E-state index in [1.807, 2.05) is 24.4 Å². The van der Waals surface area contributed by atoms with E-state index in [9.17, 15) is 4.79 Å². The normalized spacial score (nSPS) is 24.7. The van der Waals surface area contributed by atoms with Crippen molar-refractivity contribution in [2.24, 2.45) is 0 Å². The number of thiophene rings is 1. The molecule has 1 fully saturated rings. The number of rotatable bonds is 5. The number of carbonyl (C=O) groups excluding carboxylic acids is 1. The molecule has 1 aliphatic heterocycles. The molecule has 21 heavy (non-hydrogen) atoms. The number of hydrogen-bond acceptors (Lipinski definition) is 4. The van der Waals surface area contributed by atoms with Crippen molar-refractivity contribution in [1.29, 1.82) is 0 Å². The van der Waals surface area contributed by atoms with Gasteiger partial charge in [0.1, 0.15) is 0 Å². The van der Waals surface area contributed by atoms with Crippen molar-refractivity contribution in [2.45, 2.75) is 70.9 Å². The van der Waals surface area contributed by atoms with Crippen LogP contribution in [-0.2, 0) is 16.1 Å². The van der Waals surface area contributed by atoms with Crippen molar-refractivity contribution in [1.82, 2.24) is 10.6 Å². The first kappa shape index (κ1) is 16.5. The Labute approximate surface area is 131 Å². The highest BCUT2D eigenvalue weighted by Crippen LogP contribution is 2.37. The Morgan fingerprint density at radius 2 is 2.19 bits per heavy atom. The molecule has 4 nitrogen and oxygen atoms in total. The highest BCUT2D eigenvalue weighted by atomic mass is 32.1. The third kappa shape index (κ3) is 4.28. The maximum Gasteiger partial charge on any atom is 0.237 e. The van der Waals surface area contributed by atoms with Crippen LogP contribution in [-0.4, -0.2) is 29.2 Å². The first-order valence-corrected chi connectivity index (χ1v) is 8.34. The zero-order chi connectivity index (χ0) is 15.7. The molecule has 118 valence electrons. The number of nitrogens with one attached hydrogen (secondary N) is 2. The van der Waals surface area contributed by atoms with Crippen molar-refractivity contribution in [3.05, 3.63) is 22.4 Å². The summed E-state index contributed by atoms with van der Waals surface area (Å²) >= 11 is 1.65. The zero-order valence-electron chi connectivity index (χ0n) is 13.5. The second-order valence-electron chi connectivity index (χ2n) is 6.91. The standard InChI is InChI=1S/C16H26N2O2S/c1-11(14(19)17-10-12-7-6-8-21-12)18-13-9-15(2,3)20-16(13,4)5/h6-8,11,13,18H,9-10H2,1-5H3,(H,17,19)/t11-,13+/m1/s1. The van der Waals surface area contributed by atoms with E-state index in [4.69, 9.17) is 4.74 Å². The van der Waals surface area contributed by atoms with Crippen LogP contribution in [0.2, 0.25) is 0 Å². The van der Waals surface area contributed by atoms with Gasteiger partial charge < -0.3 is 15.4 Å². The topological polar surface area (TPSA) is 50.4 Å². The van der Waals surface area contributed by atoms with Gasteiger partial charge in [-0.25, -0.2) is 0 Å². The Kier molecular flexibility index (Phi) is 4.76. The molecular weight excluding hydrogens is 284 g/mol. The highest BCUT2D eigenvalue weighted by Gasteiger charge is 2.46. The van der Waals surface area contributed by atoms with E-state index in [1.54, 1.807) is 11.3 Å². The molecule has 0 aliphatic carbocycles. The van der Waals surface area contributed by atoms with Gasteiger partial charge in [0, 0.05) is 10.9 Å². The fourth-order valence-corrected chi connectivity index (χ4v) is 3.58. The molecule has 0 aromatic carbocycles. The lowest BCUT2D eigenvalue weighted by atomic mass is 9.94. The first-order chi connectivity index (χ1) is 9.70. The van der Waals surface area contributed by atoms with E-state index in [-0.39, 0.29) is 29.2 Å². The minimum absolute atomic E-state index is 0.0314. The van der Waals surface area contributed by atoms with Crippen molar-refractivity contribution < 1.29 is 9.53 Å². The molecule has 0 radical (unpaired) electrons. The Morgan fingerprint density at radius 3 is 2.71 bits per heavy atom. The summed E-state index contributed by atoms with van der Waals surface area (Å²) < 4.78 is 6.06. The quantitative estimate of drug-likeness (QED) is 0.879. The number of carbonyl (C=O) groups is 1. The van der Waals surface area contributed by atoms with Crippen LogP contribution < -0.4 is 10.6 Å². The summed E-state index contributed by atoms with van der Waals surface area (Å²) in [6.07, 6.45) is 0.905. The number of amides is 1. The summed E-state index contributed by atoms with van der Waals surface area (Å²) in [7, 11) is 0. The predicted molar refractivity (Wildman–Crippen MR) is 86.4 cm³/mol. The summed E-state index contributed by atoms with van der Waals surface area (Å²) in [5, 5.41) is 8.41. The Bertz CT molecular complexity index is 482. The molecule has 1 aromatic rings. The lowest BCUT2D eigenvalue weighted by molar-refractivity contribution is -0.123. The smallest absolute Gasteiger partial charge is 0.237 e. The molecule has 1 saturated heterocycles. The van der Waals surface area contributed by atoms with Gasteiger partial charge in [0.25, 0.3) is 0 Å². The van der Waals surface area contributed by atoms with Gasteiger partial charge in [0.05, 0.1) is 23.8 Å². The van der Waals surface area contributed by atoms with E-state index < -0.39 is 0 Å². The molecule has 0 saturated carbocycles. The molecule has 0 unspecified atom stereocenters. The fourth-order valence-electron chi connectivity index (χ4n) is 2.94. The van der Waals surface area contributed by atoms with Crippen molar-refractivity contribution in [3.63, 3.8) is 0 Å². The number of ether oxygens (including phenoxy) is 1. The number of hydrogen-bond donors (Lipinski definition) is 2. The first-order valence-electron chi connectivity index (χ1n) is 7.46. The second-order valence-corrected chi connectivity index (χ2v) is 7.94. The molecular formula is C16H26N2O2S. The van der Waals surface area contributed by atoms with Gasteiger partial charge in [-0.2, -0.15) is 0 Å². The van der Waals surface area contributed by atoms with Gasteiger partial charge in [0.15, 0.2) is 0 Å². The van der Waals surface area contributed by atoms with Crippen LogP contribution in [0.25, 0.3) is 0 Å². The summed E-state index contributed by atoms with van der Waals surface area (Å²) in [5.74, 6) is 0.0314. The average molecular weight is 310 g/mol. The molecule has 1 amide bonds. The van der Waals surface area contributed by atoms with Crippen molar-refractivity contribution in [2.75, 3.05) is 0 Å². The molecule has 2 rings (SSSR count). The molecule has 2 N–H and O–H groups in total. The largest absolute Gasteiger partial charge is 0.368 e. The van der Waals surface area contributed by atoms with Gasteiger partial charge in [-0.3, -0.25) is 4.79 Å². The molecule has 5 heteroatoms. The zero-order valence-corrected chi connectivity index (χ0v) is 14.3. The third-order valence-corrected chi connectivity index (χ3v) is 4.81. The summed E-state index contributed by atoms with van der Waals surface area (Å²) in [6, 6.07) is 3.97. The van der Waals surface area contributed by atoms with E-state index in [2.05, 4.69) is 38.3 Å². The molecule has 2 heterocycles. The third-order valence-electron chi connectivity index (χ3n) is 3.94. The molecule has 0 bridgehead atoms. The van der Waals surface area contributed by atoms with Crippen molar-refractivity contribution in [3.8, 4) is 0 Å². The highest BCUT2D eigenvalue weighted by molar-refractivity contribution is 7.09. The van der Waals surface area contributed by atoms with Crippen LogP contribution in [0.1, 0.15) is 45.9 Å². The van der Waals surface area contributed by atoms with E-state index in [1.165, 1.54) is 4.88 Å². The molecule has 1 aliphatic rings. The fraction of sp³-hybridized carbons (Fsp3) is 0.688. The van der Waals surface area contributed by atoms with E-state index in [0.29, 0.717) is 6.54 Å². The Hall–Kier alpha value is -0.910. The van der Waals surface area contributed by atoms with Gasteiger partial charge in [-0.1, -0.05) is 6.07 Å². The van der Waals surface area contributed by atoms with Crippen LogP contribution in [0.5, 0.6) is 0 Å². The van der Waals surface area contributed by atoms with Crippen LogP contribution in [0.15, 0.2) is 17.5 Å². The SMILES string of the molecule is C[C@@H](N[C@H]1CC(C)(C)OC1(C)C)C(=O)NCc1cccs1. The average Bonchev–Trinajstić information content (AvgIpc) is 2.92. The van der Waals surface area contributed by atoms with Crippen molar-refractivity contribution >= 4 is 17.2 Å². The minimum atomic E-state index is -0.258. The summed E-state index contributed by atoms with van der Waals surface area (Å²) in [6.45, 7) is 10.9. The minimum Gasteiger partial charge on any atom is -0.368 e. The van der Waals surface area contributed by atoms with Crippen LogP contribution >= 0.6 is 11.3 Å². The second kappa shape index (κ2) is 6.07. The Morgan fingerprint density at radius 1 is 1.48 bits per heavy atom. The summed E-state index contributed by atoms with van der Waals surface area (Å²) in [4.78, 5) is 13.4. The lowest BCUT2D eigenvalue weighted by Gasteiger charge is -2.29. The van der Waals surface area contributed by atoms with Gasteiger partial charge in [-0.15, -0.1) is 11.3 Å². The molecule has 0 spiro atoms. The maximum atomic E-state index is 12.2. The van der Waals surface area contributed by atoms with Gasteiger partial charge in [-0.05, 0) is 52.5 Å². The lowest BCUT2D eigenvalue weighted by Crippen LogP contribution is -2.52. The van der Waals surface area contributed by atoms with Gasteiger partial charge >= 0.3 is 0 Å². The van der Waals surface area contributed by atoms with E-state index in [0.717, 1.165) is 6.42 Å². The van der Waals surface area contributed by atoms with Crippen LogP contribution in [0.4, 0.5) is 0 Å². The molecule has 1 aromatic heterocycles. The predicted octanol–water partition coefficient (Wildman–Crippen LogP) is 2.69. The summed E-state index contributed by atoms with van der Waals surface area (Å²) in [5.41, 5.74) is -0.403. The molecule has 2 atom stereocenters. The van der Waals surface area contributed by atoms with Gasteiger partial charge in [0.2, 0.25) is 5.91 Å². The monoisotopic (exact) mass is 310 g/mol. The Balaban J connectivity index is 1.86. The van der Waals surface area contributed by atoms with Crippen LogP contribution in [0.3, 0.4) is 0 Å². The maximum absolute atomic E-state index is 12.2.